The van der Waals surface area contributed by atoms with Crippen LogP contribution < -0.4 is 4.74 Å². The van der Waals surface area contributed by atoms with Crippen molar-refractivity contribution in [1.29, 1.82) is 0 Å². The Balaban J connectivity index is 1.47. The van der Waals surface area contributed by atoms with Crippen molar-refractivity contribution in [2.24, 2.45) is 12.0 Å². The normalized spacial score (nSPS) is 14.0. The van der Waals surface area contributed by atoms with Crippen LogP contribution in [0, 0.1) is 0 Å². The summed E-state index contributed by atoms with van der Waals surface area (Å²) in [7, 11) is -1.50. The lowest BCUT2D eigenvalue weighted by Gasteiger charge is -2.18. The number of hydrogen-bond donors (Lipinski definition) is 0. The third-order valence-electron chi connectivity index (χ3n) is 5.28. The van der Waals surface area contributed by atoms with Gasteiger partial charge in [-0.15, -0.1) is 24.5 Å². The zero-order valence-corrected chi connectivity index (χ0v) is 19.4. The molecule has 3 heterocycles. The molecule has 0 amide bonds. The number of alkyl halides is 3. The molecule has 11 heteroatoms. The van der Waals surface area contributed by atoms with Gasteiger partial charge in [-0.05, 0) is 54.1 Å². The van der Waals surface area contributed by atoms with Gasteiger partial charge in [-0.25, -0.2) is 8.42 Å². The van der Waals surface area contributed by atoms with Crippen LogP contribution in [0.5, 0.6) is 5.75 Å². The number of fused-ring (bicyclic) bond motifs is 1. The van der Waals surface area contributed by atoms with Gasteiger partial charge in [-0.1, -0.05) is 6.07 Å². The summed E-state index contributed by atoms with van der Waals surface area (Å²) in [5.41, 5.74) is 4.56. The number of allylic oxidation sites excluding steroid dienone is 1. The van der Waals surface area contributed by atoms with Gasteiger partial charge >= 0.3 is 6.36 Å². The molecule has 0 atom stereocenters. The van der Waals surface area contributed by atoms with Gasteiger partial charge in [0, 0.05) is 36.0 Å². The zero-order chi connectivity index (χ0) is 24.3. The van der Waals surface area contributed by atoms with Crippen LogP contribution >= 0.6 is 11.3 Å². The molecule has 1 aliphatic rings. The van der Waals surface area contributed by atoms with E-state index in [0.717, 1.165) is 38.3 Å². The fourth-order valence-corrected chi connectivity index (χ4v) is 5.64. The molecule has 0 aliphatic carbocycles. The van der Waals surface area contributed by atoms with Crippen molar-refractivity contribution in [2.45, 2.75) is 10.6 Å². The first-order valence-electron chi connectivity index (χ1n) is 9.91. The highest BCUT2D eigenvalue weighted by atomic mass is 32.2. The van der Waals surface area contributed by atoms with Gasteiger partial charge in [-0.2, -0.15) is 5.10 Å². The molecule has 0 unspecified atom stereocenters. The maximum absolute atomic E-state index is 12.4. The summed E-state index contributed by atoms with van der Waals surface area (Å²) in [5.74, 6) is -0.299. The van der Waals surface area contributed by atoms with E-state index >= 15 is 0 Å². The largest absolute Gasteiger partial charge is 0.573 e. The third kappa shape index (κ3) is 4.12. The predicted octanol–water partition coefficient (Wildman–Crippen LogP) is 5.45. The minimum Gasteiger partial charge on any atom is -0.406 e. The number of hydrogen-bond acceptors (Lipinski definition) is 6. The second-order valence-electron chi connectivity index (χ2n) is 7.69. The molecule has 0 saturated heterocycles. The molecule has 0 spiro atoms. The van der Waals surface area contributed by atoms with Crippen molar-refractivity contribution >= 4 is 43.4 Å². The summed E-state index contributed by atoms with van der Waals surface area (Å²) in [4.78, 5) is 5.04. The second kappa shape index (κ2) is 7.81. The zero-order valence-electron chi connectivity index (χ0n) is 17.8. The Morgan fingerprint density at radius 1 is 1.00 bits per heavy atom. The molecule has 1 aliphatic heterocycles. The third-order valence-corrected chi connectivity index (χ3v) is 8.19. The summed E-state index contributed by atoms with van der Waals surface area (Å²) in [6.45, 7) is 0. The molecule has 4 aromatic rings. The lowest BCUT2D eigenvalue weighted by Crippen LogP contribution is -2.17. The van der Waals surface area contributed by atoms with E-state index in [9.17, 15) is 21.6 Å². The van der Waals surface area contributed by atoms with Crippen molar-refractivity contribution in [3.05, 3.63) is 71.9 Å². The molecule has 0 N–H and O–H groups in total. The summed E-state index contributed by atoms with van der Waals surface area (Å²) < 4.78 is 67.0. The number of halogens is 3. The minimum absolute atomic E-state index is 0.270. The van der Waals surface area contributed by atoms with Crippen LogP contribution in [0.2, 0.25) is 0 Å². The standard InChI is InChI=1S/C23H16F3N3O3S2/c1-29-18-8-5-14(11-16(18)22(28-29)19-9-10-20(33-19)34(2,30)31)17-12-27-21(17)13-3-6-15(7-4-13)32-23(24,25)26/h3-12H,1-2H3. The number of ether oxygens (including phenoxy) is 1. The van der Waals surface area contributed by atoms with Gasteiger partial charge in [0.05, 0.1) is 16.1 Å². The number of aromatic nitrogens is 2. The average molecular weight is 504 g/mol. The number of aryl methyl sites for hydroxylation is 1. The van der Waals surface area contributed by atoms with Crippen LogP contribution in [0.4, 0.5) is 13.2 Å². The van der Waals surface area contributed by atoms with E-state index < -0.39 is 16.2 Å². The Hall–Kier alpha value is -3.44. The number of rotatable bonds is 5. The molecule has 0 radical (unpaired) electrons. The molecule has 5 rings (SSSR count). The van der Waals surface area contributed by atoms with Gasteiger partial charge in [-0.3, -0.25) is 9.67 Å². The summed E-state index contributed by atoms with van der Waals surface area (Å²) in [5, 5.41) is 5.44. The van der Waals surface area contributed by atoms with Gasteiger partial charge in [0.15, 0.2) is 9.84 Å². The van der Waals surface area contributed by atoms with E-state index in [1.807, 2.05) is 25.2 Å². The first-order chi connectivity index (χ1) is 16.0. The van der Waals surface area contributed by atoms with Crippen molar-refractivity contribution in [2.75, 3.05) is 6.26 Å². The molecule has 34 heavy (non-hydrogen) atoms. The molecule has 174 valence electrons. The first-order valence-corrected chi connectivity index (χ1v) is 12.6. The Morgan fingerprint density at radius 3 is 2.29 bits per heavy atom. The average Bonchev–Trinajstić information content (AvgIpc) is 3.33. The van der Waals surface area contributed by atoms with E-state index in [1.54, 1.807) is 23.0 Å². The molecule has 0 saturated carbocycles. The Kier molecular flexibility index (Phi) is 5.14. The van der Waals surface area contributed by atoms with Gasteiger partial charge in [0.25, 0.3) is 0 Å². The summed E-state index contributed by atoms with van der Waals surface area (Å²) in [6.07, 6.45) is -1.88. The van der Waals surface area contributed by atoms with Gasteiger partial charge in [0.2, 0.25) is 0 Å². The number of aliphatic imine (C=N–C) groups is 1. The second-order valence-corrected chi connectivity index (χ2v) is 11.0. The lowest BCUT2D eigenvalue weighted by atomic mass is 9.92. The van der Waals surface area contributed by atoms with Crippen LogP contribution in [0.15, 0.2) is 70.0 Å². The fraction of sp³-hybridized carbons (Fsp3) is 0.130. The fourth-order valence-electron chi connectivity index (χ4n) is 3.71. The number of benzene rings is 2. The maximum atomic E-state index is 12.4. The maximum Gasteiger partial charge on any atom is 0.573 e. The molecule has 6 nitrogen and oxygen atoms in total. The highest BCUT2D eigenvalue weighted by Gasteiger charge is 2.31. The van der Waals surface area contributed by atoms with Crippen LogP contribution in [0.1, 0.15) is 11.1 Å². The van der Waals surface area contributed by atoms with Crippen molar-refractivity contribution in [1.82, 2.24) is 9.78 Å². The summed E-state index contributed by atoms with van der Waals surface area (Å²) in [6, 6.07) is 14.7. The van der Waals surface area contributed by atoms with Gasteiger partial charge < -0.3 is 4.74 Å². The molecule has 0 bridgehead atoms. The highest BCUT2D eigenvalue weighted by Crippen LogP contribution is 2.37. The van der Waals surface area contributed by atoms with E-state index in [4.69, 9.17) is 0 Å². The van der Waals surface area contributed by atoms with E-state index in [2.05, 4.69) is 14.8 Å². The molecule has 2 aromatic heterocycles. The van der Waals surface area contributed by atoms with Crippen molar-refractivity contribution in [3.63, 3.8) is 0 Å². The van der Waals surface area contributed by atoms with Gasteiger partial charge in [0.1, 0.15) is 15.7 Å². The lowest BCUT2D eigenvalue weighted by molar-refractivity contribution is -0.274. The number of thiophene rings is 1. The molecular formula is C23H16F3N3O3S2. The number of nitrogens with zero attached hydrogens (tertiary/aromatic N) is 3. The van der Waals surface area contributed by atoms with E-state index in [-0.39, 0.29) is 9.96 Å². The topological polar surface area (TPSA) is 73.5 Å². The Labute approximate surface area is 196 Å². The van der Waals surface area contributed by atoms with Crippen molar-refractivity contribution in [3.8, 4) is 16.3 Å². The number of sulfone groups is 1. The Bertz CT molecular complexity index is 1600. The SMILES string of the molecule is Cn1nc(-c2ccc(S(C)(=O)=O)s2)c2cc(C3=CN=C3c3ccc(OC(F)(F)F)cc3)ccc21. The van der Waals surface area contributed by atoms with E-state index in [0.29, 0.717) is 17.0 Å². The Morgan fingerprint density at radius 2 is 1.71 bits per heavy atom. The van der Waals surface area contributed by atoms with E-state index in [1.165, 1.54) is 30.5 Å². The monoisotopic (exact) mass is 503 g/mol. The minimum atomic E-state index is -4.75. The van der Waals surface area contributed by atoms with Crippen molar-refractivity contribution < 1.29 is 26.3 Å². The molecular weight excluding hydrogens is 487 g/mol. The van der Waals surface area contributed by atoms with Crippen LogP contribution in [-0.2, 0) is 16.9 Å². The summed E-state index contributed by atoms with van der Waals surface area (Å²) >= 11 is 1.16. The quantitative estimate of drug-likeness (QED) is 0.363. The smallest absolute Gasteiger partial charge is 0.406 e. The van der Waals surface area contributed by atoms with Crippen LogP contribution in [0.25, 0.3) is 27.0 Å². The first kappa shape index (κ1) is 22.4. The van der Waals surface area contributed by atoms with Crippen LogP contribution in [0.3, 0.4) is 0 Å². The van der Waals surface area contributed by atoms with Crippen LogP contribution in [-0.4, -0.2) is 36.5 Å². The molecule has 2 aromatic carbocycles. The molecule has 0 fully saturated rings. The predicted molar refractivity (Wildman–Crippen MR) is 125 cm³/mol. The highest BCUT2D eigenvalue weighted by molar-refractivity contribution is 7.92.